The number of esters is 1. The highest BCUT2D eigenvalue weighted by Gasteiger charge is 2.22. The molecular weight excluding hydrogens is 354 g/mol. The molecule has 0 atom stereocenters. The number of halogens is 1. The van der Waals surface area contributed by atoms with Gasteiger partial charge in [-0.25, -0.2) is 9.78 Å². The molecule has 0 unspecified atom stereocenters. The highest BCUT2D eigenvalue weighted by molar-refractivity contribution is 9.10. The highest BCUT2D eigenvalue weighted by atomic mass is 79.9. The summed E-state index contributed by atoms with van der Waals surface area (Å²) in [4.78, 5) is 28.1. The van der Waals surface area contributed by atoms with E-state index in [0.717, 1.165) is 15.0 Å². The quantitative estimate of drug-likeness (QED) is 0.594. The molecule has 4 nitrogen and oxygen atoms in total. The van der Waals surface area contributed by atoms with Gasteiger partial charge in [0.25, 0.3) is 0 Å². The van der Waals surface area contributed by atoms with E-state index >= 15 is 0 Å². The molecule has 0 saturated carbocycles. The molecule has 2 rings (SSSR count). The third-order valence-corrected chi connectivity index (χ3v) is 4.41. The van der Waals surface area contributed by atoms with Crippen LogP contribution in [0.3, 0.4) is 0 Å². The van der Waals surface area contributed by atoms with Crippen LogP contribution in [0.15, 0.2) is 28.7 Å². The molecule has 1 aromatic carbocycles. The zero-order valence-corrected chi connectivity index (χ0v) is 14.1. The number of benzene rings is 1. The third kappa shape index (κ3) is 3.98. The Bertz CT molecular complexity index is 664. The number of ether oxygens (including phenoxy) is 1. The summed E-state index contributed by atoms with van der Waals surface area (Å²) in [5.74, 6) is -0.710. The van der Waals surface area contributed by atoms with Crippen molar-refractivity contribution in [1.82, 2.24) is 4.98 Å². The number of rotatable bonds is 5. The SMILES string of the molecule is CCOC(=O)c1nc(Cc2ccc(Br)cc2)sc1C(C)=O. The standard InChI is InChI=1S/C15H14BrNO3S/c1-3-20-15(19)13-14(9(2)18)21-12(17-13)8-10-4-6-11(16)7-5-10/h4-7H,3,8H2,1-2H3. The maximum absolute atomic E-state index is 11.8. The van der Waals surface area contributed by atoms with Crippen LogP contribution >= 0.6 is 27.3 Å². The van der Waals surface area contributed by atoms with Gasteiger partial charge in [0.1, 0.15) is 4.88 Å². The summed E-state index contributed by atoms with van der Waals surface area (Å²) in [5, 5.41) is 0.727. The minimum atomic E-state index is -0.541. The lowest BCUT2D eigenvalue weighted by Gasteiger charge is -1.99. The van der Waals surface area contributed by atoms with Crippen LogP contribution < -0.4 is 0 Å². The van der Waals surface area contributed by atoms with Gasteiger partial charge in [-0.1, -0.05) is 28.1 Å². The van der Waals surface area contributed by atoms with Gasteiger partial charge in [-0.3, -0.25) is 4.79 Å². The van der Waals surface area contributed by atoms with Gasteiger partial charge in [-0.2, -0.15) is 0 Å². The minimum Gasteiger partial charge on any atom is -0.461 e. The van der Waals surface area contributed by atoms with Gasteiger partial charge >= 0.3 is 5.97 Å². The van der Waals surface area contributed by atoms with Crippen molar-refractivity contribution in [3.63, 3.8) is 0 Å². The average Bonchev–Trinajstić information content (AvgIpc) is 2.86. The molecule has 0 bridgehead atoms. The Morgan fingerprint density at radius 1 is 1.29 bits per heavy atom. The Hall–Kier alpha value is -1.53. The molecule has 0 radical (unpaired) electrons. The summed E-state index contributed by atoms with van der Waals surface area (Å²) in [6.45, 7) is 3.41. The summed E-state index contributed by atoms with van der Waals surface area (Å²) < 4.78 is 5.95. The first-order valence-electron chi connectivity index (χ1n) is 6.43. The van der Waals surface area contributed by atoms with E-state index in [2.05, 4.69) is 20.9 Å². The topological polar surface area (TPSA) is 56.3 Å². The molecule has 0 aliphatic carbocycles. The molecule has 2 aromatic rings. The summed E-state index contributed by atoms with van der Waals surface area (Å²) >= 11 is 4.63. The van der Waals surface area contributed by atoms with Gasteiger partial charge in [0.05, 0.1) is 11.6 Å². The van der Waals surface area contributed by atoms with E-state index in [4.69, 9.17) is 4.74 Å². The smallest absolute Gasteiger partial charge is 0.358 e. The minimum absolute atomic E-state index is 0.126. The van der Waals surface area contributed by atoms with E-state index in [1.807, 2.05) is 24.3 Å². The van der Waals surface area contributed by atoms with Gasteiger partial charge in [0.15, 0.2) is 11.5 Å². The van der Waals surface area contributed by atoms with Crippen molar-refractivity contribution in [1.29, 1.82) is 0 Å². The molecule has 0 aliphatic rings. The number of aromatic nitrogens is 1. The largest absolute Gasteiger partial charge is 0.461 e. The van der Waals surface area contributed by atoms with Crippen LogP contribution in [0.25, 0.3) is 0 Å². The summed E-state index contributed by atoms with van der Waals surface area (Å²) in [6.07, 6.45) is 0.581. The lowest BCUT2D eigenvalue weighted by atomic mass is 10.2. The Kier molecular flexibility index (Phi) is 5.25. The maximum atomic E-state index is 11.8. The van der Waals surface area contributed by atoms with Crippen LogP contribution in [0.2, 0.25) is 0 Å². The second kappa shape index (κ2) is 6.95. The zero-order valence-electron chi connectivity index (χ0n) is 11.7. The molecule has 0 amide bonds. The fraction of sp³-hybridized carbons (Fsp3) is 0.267. The van der Waals surface area contributed by atoms with Crippen molar-refractivity contribution in [2.24, 2.45) is 0 Å². The van der Waals surface area contributed by atoms with Gasteiger partial charge < -0.3 is 4.74 Å². The monoisotopic (exact) mass is 367 g/mol. The van der Waals surface area contributed by atoms with Crippen molar-refractivity contribution < 1.29 is 14.3 Å². The predicted octanol–water partition coefficient (Wildman–Crippen LogP) is 3.88. The number of carbonyl (C=O) groups excluding carboxylic acids is 2. The fourth-order valence-corrected chi connectivity index (χ4v) is 3.04. The van der Waals surface area contributed by atoms with Crippen LogP contribution in [0.4, 0.5) is 0 Å². The number of Topliss-reactive ketones (excluding diaryl/α,β-unsaturated/α-hetero) is 1. The van der Waals surface area contributed by atoms with Crippen LogP contribution in [-0.2, 0) is 11.2 Å². The fourth-order valence-electron chi connectivity index (χ4n) is 1.79. The third-order valence-electron chi connectivity index (χ3n) is 2.73. The number of thiazole rings is 1. The van der Waals surface area contributed by atoms with Crippen LogP contribution in [-0.4, -0.2) is 23.3 Å². The van der Waals surface area contributed by atoms with E-state index in [9.17, 15) is 9.59 Å². The molecule has 0 spiro atoms. The number of ketones is 1. The van der Waals surface area contributed by atoms with Crippen molar-refractivity contribution >= 4 is 39.0 Å². The van der Waals surface area contributed by atoms with Crippen LogP contribution in [0.5, 0.6) is 0 Å². The summed E-state index contributed by atoms with van der Waals surface area (Å²) in [6, 6.07) is 7.84. The van der Waals surface area contributed by atoms with E-state index in [0.29, 0.717) is 11.3 Å². The first-order chi connectivity index (χ1) is 10.0. The van der Waals surface area contributed by atoms with E-state index in [1.165, 1.54) is 18.3 Å². The molecular formula is C15H14BrNO3S. The number of carbonyl (C=O) groups is 2. The van der Waals surface area contributed by atoms with Crippen LogP contribution in [0, 0.1) is 0 Å². The first-order valence-corrected chi connectivity index (χ1v) is 8.04. The molecule has 6 heteroatoms. The van der Waals surface area contributed by atoms with E-state index in [1.54, 1.807) is 6.92 Å². The normalized spacial score (nSPS) is 10.4. The second-order valence-electron chi connectivity index (χ2n) is 4.37. The molecule has 1 heterocycles. The highest BCUT2D eigenvalue weighted by Crippen LogP contribution is 2.23. The summed E-state index contributed by atoms with van der Waals surface area (Å²) in [5.41, 5.74) is 1.19. The molecule has 0 saturated heterocycles. The molecule has 0 aliphatic heterocycles. The Morgan fingerprint density at radius 2 is 1.95 bits per heavy atom. The Labute approximate surface area is 135 Å². The van der Waals surface area contributed by atoms with Crippen molar-refractivity contribution in [2.45, 2.75) is 20.3 Å². The number of hydrogen-bond acceptors (Lipinski definition) is 5. The van der Waals surface area contributed by atoms with Crippen molar-refractivity contribution in [3.05, 3.63) is 49.9 Å². The second-order valence-corrected chi connectivity index (χ2v) is 6.36. The van der Waals surface area contributed by atoms with Crippen molar-refractivity contribution in [3.8, 4) is 0 Å². The first kappa shape index (κ1) is 15.9. The zero-order chi connectivity index (χ0) is 15.4. The van der Waals surface area contributed by atoms with Gasteiger partial charge in [0.2, 0.25) is 0 Å². The number of nitrogens with zero attached hydrogens (tertiary/aromatic N) is 1. The van der Waals surface area contributed by atoms with Gasteiger partial charge in [-0.15, -0.1) is 11.3 Å². The lowest BCUT2D eigenvalue weighted by molar-refractivity contribution is 0.0517. The molecule has 1 aromatic heterocycles. The average molecular weight is 368 g/mol. The van der Waals surface area contributed by atoms with E-state index < -0.39 is 5.97 Å². The van der Waals surface area contributed by atoms with Gasteiger partial charge in [0, 0.05) is 17.8 Å². The van der Waals surface area contributed by atoms with Gasteiger partial charge in [-0.05, 0) is 24.6 Å². The van der Waals surface area contributed by atoms with E-state index in [-0.39, 0.29) is 18.1 Å². The molecule has 0 N–H and O–H groups in total. The molecule has 0 fully saturated rings. The Morgan fingerprint density at radius 3 is 2.52 bits per heavy atom. The molecule has 21 heavy (non-hydrogen) atoms. The molecule has 110 valence electrons. The summed E-state index contributed by atoms with van der Waals surface area (Å²) in [7, 11) is 0. The lowest BCUT2D eigenvalue weighted by Crippen LogP contribution is -2.09. The van der Waals surface area contributed by atoms with Crippen molar-refractivity contribution in [2.75, 3.05) is 6.61 Å². The van der Waals surface area contributed by atoms with Crippen LogP contribution in [0.1, 0.15) is 44.6 Å². The Balaban J connectivity index is 2.28. The predicted molar refractivity (Wildman–Crippen MR) is 85.0 cm³/mol. The number of hydrogen-bond donors (Lipinski definition) is 0. The maximum Gasteiger partial charge on any atom is 0.358 e.